The predicted octanol–water partition coefficient (Wildman–Crippen LogP) is 4.41. The number of rotatable bonds is 4. The molecule has 0 atom stereocenters. The molecule has 0 saturated heterocycles. The molecule has 5 heteroatoms. The molecule has 1 heterocycles. The zero-order valence-electron chi connectivity index (χ0n) is 12.5. The number of nitrogens with zero attached hydrogens (tertiary/aromatic N) is 2. The summed E-state index contributed by atoms with van der Waals surface area (Å²) in [6, 6.07) is 5.82. The number of aryl methyl sites for hydroxylation is 1. The molecule has 0 amide bonds. The van der Waals surface area contributed by atoms with Crippen molar-refractivity contribution in [2.24, 2.45) is 0 Å². The minimum absolute atomic E-state index is 0.513. The van der Waals surface area contributed by atoms with Crippen molar-refractivity contribution in [2.75, 3.05) is 17.7 Å². The van der Waals surface area contributed by atoms with E-state index in [0.29, 0.717) is 10.9 Å². The first kappa shape index (κ1) is 14.1. The first-order chi connectivity index (χ1) is 10.1. The number of halogens is 1. The Hall–Kier alpha value is -1.81. The maximum atomic E-state index is 6.09. The van der Waals surface area contributed by atoms with Gasteiger partial charge in [-0.25, -0.2) is 9.97 Å². The van der Waals surface area contributed by atoms with E-state index in [1.807, 2.05) is 32.2 Å². The van der Waals surface area contributed by atoms with Crippen LogP contribution in [0, 0.1) is 13.8 Å². The number of hydrogen-bond acceptors (Lipinski definition) is 4. The summed E-state index contributed by atoms with van der Waals surface area (Å²) >= 11 is 6.09. The van der Waals surface area contributed by atoms with E-state index >= 15 is 0 Å². The van der Waals surface area contributed by atoms with Crippen LogP contribution in [0.2, 0.25) is 5.02 Å². The van der Waals surface area contributed by atoms with Gasteiger partial charge < -0.3 is 10.6 Å². The molecule has 1 saturated carbocycles. The molecule has 21 heavy (non-hydrogen) atoms. The molecule has 1 aliphatic rings. The molecule has 3 rings (SSSR count). The fraction of sp³-hybridized carbons (Fsp3) is 0.375. The number of hydrogen-bond donors (Lipinski definition) is 2. The SMILES string of the molecule is CNc1nc(C2CC2)nc(Nc2cc(Cl)ccc2C)c1C. The van der Waals surface area contributed by atoms with Crippen molar-refractivity contribution in [2.45, 2.75) is 32.6 Å². The van der Waals surface area contributed by atoms with Crippen LogP contribution in [0.4, 0.5) is 17.3 Å². The molecule has 1 aromatic carbocycles. The molecular formula is C16H19ClN4. The van der Waals surface area contributed by atoms with Crippen LogP contribution in [0.25, 0.3) is 0 Å². The summed E-state index contributed by atoms with van der Waals surface area (Å²) in [5.41, 5.74) is 3.13. The number of benzene rings is 1. The lowest BCUT2D eigenvalue weighted by Crippen LogP contribution is -2.07. The van der Waals surface area contributed by atoms with E-state index in [4.69, 9.17) is 16.6 Å². The summed E-state index contributed by atoms with van der Waals surface area (Å²) < 4.78 is 0. The smallest absolute Gasteiger partial charge is 0.139 e. The van der Waals surface area contributed by atoms with Crippen LogP contribution >= 0.6 is 11.6 Å². The molecule has 0 radical (unpaired) electrons. The fourth-order valence-electron chi connectivity index (χ4n) is 2.28. The molecular weight excluding hydrogens is 284 g/mol. The summed E-state index contributed by atoms with van der Waals surface area (Å²) in [6.07, 6.45) is 2.36. The third-order valence-electron chi connectivity index (χ3n) is 3.80. The highest BCUT2D eigenvalue weighted by molar-refractivity contribution is 6.30. The first-order valence-electron chi connectivity index (χ1n) is 7.18. The summed E-state index contributed by atoms with van der Waals surface area (Å²) in [4.78, 5) is 9.31. The lowest BCUT2D eigenvalue weighted by Gasteiger charge is -2.15. The Bertz CT molecular complexity index is 680. The molecule has 2 N–H and O–H groups in total. The van der Waals surface area contributed by atoms with Gasteiger partial charge in [-0.2, -0.15) is 0 Å². The van der Waals surface area contributed by atoms with Gasteiger partial charge in [0.2, 0.25) is 0 Å². The van der Waals surface area contributed by atoms with E-state index in [1.165, 1.54) is 12.8 Å². The average Bonchev–Trinajstić information content (AvgIpc) is 3.29. The van der Waals surface area contributed by atoms with Gasteiger partial charge in [0.05, 0.1) is 0 Å². The molecule has 4 nitrogen and oxygen atoms in total. The minimum atomic E-state index is 0.513. The third kappa shape index (κ3) is 2.95. The molecule has 1 aliphatic carbocycles. The zero-order chi connectivity index (χ0) is 15.0. The first-order valence-corrected chi connectivity index (χ1v) is 7.55. The van der Waals surface area contributed by atoms with Gasteiger partial charge in [0.1, 0.15) is 17.5 Å². The number of anilines is 3. The van der Waals surface area contributed by atoms with Crippen molar-refractivity contribution in [3.8, 4) is 0 Å². The van der Waals surface area contributed by atoms with Crippen molar-refractivity contribution in [1.82, 2.24) is 9.97 Å². The second-order valence-electron chi connectivity index (χ2n) is 5.51. The quantitative estimate of drug-likeness (QED) is 0.878. The van der Waals surface area contributed by atoms with E-state index in [-0.39, 0.29) is 0 Å². The highest BCUT2D eigenvalue weighted by atomic mass is 35.5. The van der Waals surface area contributed by atoms with E-state index in [0.717, 1.165) is 34.3 Å². The molecule has 110 valence electrons. The highest BCUT2D eigenvalue weighted by Gasteiger charge is 2.28. The van der Waals surface area contributed by atoms with Crippen molar-refractivity contribution in [1.29, 1.82) is 0 Å². The summed E-state index contributed by atoms with van der Waals surface area (Å²) in [6.45, 7) is 4.07. The monoisotopic (exact) mass is 302 g/mol. The van der Waals surface area contributed by atoms with E-state index in [2.05, 4.69) is 22.5 Å². The van der Waals surface area contributed by atoms with Crippen molar-refractivity contribution in [3.05, 3.63) is 40.2 Å². The van der Waals surface area contributed by atoms with Crippen LogP contribution in [0.1, 0.15) is 35.7 Å². The van der Waals surface area contributed by atoms with Gasteiger partial charge in [-0.1, -0.05) is 17.7 Å². The lowest BCUT2D eigenvalue weighted by atomic mass is 10.2. The third-order valence-corrected chi connectivity index (χ3v) is 4.03. The molecule has 2 aromatic rings. The van der Waals surface area contributed by atoms with Gasteiger partial charge in [0, 0.05) is 29.2 Å². The largest absolute Gasteiger partial charge is 0.373 e. The second-order valence-corrected chi connectivity index (χ2v) is 5.95. The van der Waals surface area contributed by atoms with Gasteiger partial charge in [0.25, 0.3) is 0 Å². The molecule has 0 aliphatic heterocycles. The zero-order valence-corrected chi connectivity index (χ0v) is 13.3. The second kappa shape index (κ2) is 5.53. The van der Waals surface area contributed by atoms with Crippen LogP contribution < -0.4 is 10.6 Å². The Labute approximate surface area is 130 Å². The van der Waals surface area contributed by atoms with E-state index in [1.54, 1.807) is 0 Å². The maximum absolute atomic E-state index is 6.09. The Morgan fingerprint density at radius 1 is 1.14 bits per heavy atom. The number of aromatic nitrogens is 2. The fourth-order valence-corrected chi connectivity index (χ4v) is 2.45. The average molecular weight is 303 g/mol. The maximum Gasteiger partial charge on any atom is 0.139 e. The van der Waals surface area contributed by atoms with Crippen molar-refractivity contribution in [3.63, 3.8) is 0 Å². The molecule has 0 spiro atoms. The Morgan fingerprint density at radius 2 is 1.86 bits per heavy atom. The lowest BCUT2D eigenvalue weighted by molar-refractivity contribution is 0.923. The molecule has 1 fully saturated rings. The standard InChI is InChI=1S/C16H19ClN4/c1-9-4-7-12(17)8-13(9)19-15-10(2)14(18-3)20-16(21-15)11-5-6-11/h4,7-8,11H,5-6H2,1-3H3,(H2,18,19,20,21). The van der Waals surface area contributed by atoms with Gasteiger partial charge in [-0.15, -0.1) is 0 Å². The molecule has 1 aromatic heterocycles. The van der Waals surface area contributed by atoms with E-state index < -0.39 is 0 Å². The minimum Gasteiger partial charge on any atom is -0.373 e. The van der Waals surface area contributed by atoms with Crippen LogP contribution in [-0.2, 0) is 0 Å². The van der Waals surface area contributed by atoms with Crippen LogP contribution in [0.3, 0.4) is 0 Å². The summed E-state index contributed by atoms with van der Waals surface area (Å²) in [7, 11) is 1.89. The number of nitrogens with one attached hydrogen (secondary N) is 2. The van der Waals surface area contributed by atoms with Gasteiger partial charge >= 0.3 is 0 Å². The Balaban J connectivity index is 2.00. The highest BCUT2D eigenvalue weighted by Crippen LogP contribution is 2.40. The summed E-state index contributed by atoms with van der Waals surface area (Å²) in [5, 5.41) is 7.27. The van der Waals surface area contributed by atoms with Gasteiger partial charge in [0.15, 0.2) is 0 Å². The Kier molecular flexibility index (Phi) is 3.72. The molecule has 0 unspecified atom stereocenters. The van der Waals surface area contributed by atoms with Crippen LogP contribution in [-0.4, -0.2) is 17.0 Å². The summed E-state index contributed by atoms with van der Waals surface area (Å²) in [5.74, 6) is 3.17. The van der Waals surface area contributed by atoms with Crippen molar-refractivity contribution < 1.29 is 0 Å². The molecule has 0 bridgehead atoms. The van der Waals surface area contributed by atoms with Gasteiger partial charge in [-0.3, -0.25) is 0 Å². The van der Waals surface area contributed by atoms with Crippen molar-refractivity contribution >= 4 is 28.9 Å². The van der Waals surface area contributed by atoms with E-state index in [9.17, 15) is 0 Å². The Morgan fingerprint density at radius 3 is 2.52 bits per heavy atom. The normalized spacial score (nSPS) is 14.1. The van der Waals surface area contributed by atoms with Crippen LogP contribution in [0.5, 0.6) is 0 Å². The topological polar surface area (TPSA) is 49.8 Å². The van der Waals surface area contributed by atoms with Crippen LogP contribution in [0.15, 0.2) is 18.2 Å². The predicted molar refractivity (Wildman–Crippen MR) is 87.8 cm³/mol. The van der Waals surface area contributed by atoms with Gasteiger partial charge in [-0.05, 0) is 44.4 Å².